The molecule has 0 saturated heterocycles. The lowest BCUT2D eigenvalue weighted by atomic mass is 10.1. The molecule has 0 atom stereocenters. The monoisotopic (exact) mass is 418 g/mol. The van der Waals surface area contributed by atoms with Gasteiger partial charge in [-0.2, -0.15) is 0 Å². The molecule has 0 unspecified atom stereocenters. The molecule has 0 aliphatic carbocycles. The number of esters is 1. The molecule has 29 heavy (non-hydrogen) atoms. The lowest BCUT2D eigenvalue weighted by Crippen LogP contribution is -2.12. The Morgan fingerprint density at radius 3 is 2.41 bits per heavy atom. The minimum atomic E-state index is -0.478. The Kier molecular flexibility index (Phi) is 8.55. The number of ketones is 1. The predicted octanol–water partition coefficient (Wildman–Crippen LogP) is 4.59. The average molecular weight is 419 g/mol. The zero-order valence-electron chi connectivity index (χ0n) is 16.6. The summed E-state index contributed by atoms with van der Waals surface area (Å²) in [6, 6.07) is 9.93. The molecule has 0 aromatic heterocycles. The molecule has 0 amide bonds. The third-order valence-corrected chi connectivity index (χ3v) is 4.13. The Labute approximate surface area is 175 Å². The van der Waals surface area contributed by atoms with E-state index in [9.17, 15) is 9.59 Å². The first-order chi connectivity index (χ1) is 14.0. The van der Waals surface area contributed by atoms with Crippen LogP contribution in [0.25, 0.3) is 6.08 Å². The van der Waals surface area contributed by atoms with E-state index in [1.165, 1.54) is 20.3 Å². The number of hydrogen-bond acceptors (Lipinski definition) is 6. The summed E-state index contributed by atoms with van der Waals surface area (Å²) in [5.74, 6) is 0.793. The van der Waals surface area contributed by atoms with Crippen LogP contribution in [0, 0.1) is 0 Å². The Morgan fingerprint density at radius 1 is 1.07 bits per heavy atom. The van der Waals surface area contributed by atoms with Gasteiger partial charge in [0, 0.05) is 5.56 Å². The van der Waals surface area contributed by atoms with Crippen molar-refractivity contribution in [1.82, 2.24) is 0 Å². The minimum absolute atomic E-state index is 0.189. The molecule has 0 spiro atoms. The fourth-order valence-corrected chi connectivity index (χ4v) is 2.64. The second kappa shape index (κ2) is 11.1. The summed E-state index contributed by atoms with van der Waals surface area (Å²) in [6.07, 6.45) is 3.95. The molecular weight excluding hydrogens is 396 g/mol. The lowest BCUT2D eigenvalue weighted by molar-refractivity contribution is -0.142. The van der Waals surface area contributed by atoms with Gasteiger partial charge in [-0.3, -0.25) is 4.79 Å². The van der Waals surface area contributed by atoms with Crippen LogP contribution in [0.2, 0.25) is 5.02 Å². The predicted molar refractivity (Wildman–Crippen MR) is 111 cm³/mol. The van der Waals surface area contributed by atoms with E-state index in [0.29, 0.717) is 40.0 Å². The number of benzene rings is 2. The molecule has 0 radical (unpaired) electrons. The van der Waals surface area contributed by atoms with Gasteiger partial charge >= 0.3 is 5.97 Å². The van der Waals surface area contributed by atoms with Gasteiger partial charge in [-0.1, -0.05) is 24.6 Å². The quantitative estimate of drug-likeness (QED) is 0.319. The van der Waals surface area contributed by atoms with Crippen molar-refractivity contribution in [2.45, 2.75) is 13.3 Å². The van der Waals surface area contributed by atoms with E-state index in [1.807, 2.05) is 6.92 Å². The number of allylic oxidation sites excluding steroid dienone is 1. The van der Waals surface area contributed by atoms with Gasteiger partial charge in [-0.15, -0.1) is 0 Å². The highest BCUT2D eigenvalue weighted by molar-refractivity contribution is 6.32. The summed E-state index contributed by atoms with van der Waals surface area (Å²) in [6.45, 7) is 2.34. The van der Waals surface area contributed by atoms with Gasteiger partial charge < -0.3 is 18.9 Å². The van der Waals surface area contributed by atoms with Gasteiger partial charge in [0.25, 0.3) is 0 Å². The van der Waals surface area contributed by atoms with Gasteiger partial charge in [0.2, 0.25) is 0 Å². The Morgan fingerprint density at radius 2 is 1.79 bits per heavy atom. The van der Waals surface area contributed by atoms with E-state index in [1.54, 1.807) is 42.5 Å². The summed E-state index contributed by atoms with van der Waals surface area (Å²) >= 11 is 6.29. The van der Waals surface area contributed by atoms with Crippen LogP contribution >= 0.6 is 11.6 Å². The Balaban J connectivity index is 2.08. The van der Waals surface area contributed by atoms with Gasteiger partial charge in [0.1, 0.15) is 5.75 Å². The summed E-state index contributed by atoms with van der Waals surface area (Å²) in [7, 11) is 2.82. The van der Waals surface area contributed by atoms with E-state index >= 15 is 0 Å². The highest BCUT2D eigenvalue weighted by Gasteiger charge is 2.11. The van der Waals surface area contributed by atoms with Gasteiger partial charge in [-0.25, -0.2) is 4.79 Å². The van der Waals surface area contributed by atoms with Crippen LogP contribution in [0.5, 0.6) is 17.2 Å². The van der Waals surface area contributed by atoms with Gasteiger partial charge in [0.05, 0.1) is 25.8 Å². The van der Waals surface area contributed by atoms with E-state index in [2.05, 4.69) is 4.74 Å². The van der Waals surface area contributed by atoms with Crippen LogP contribution in [0.15, 0.2) is 42.5 Å². The third kappa shape index (κ3) is 6.54. The molecule has 0 fully saturated rings. The minimum Gasteiger partial charge on any atom is -0.493 e. The summed E-state index contributed by atoms with van der Waals surface area (Å²) < 4.78 is 20.7. The molecule has 0 bridgehead atoms. The number of halogens is 1. The summed E-state index contributed by atoms with van der Waals surface area (Å²) in [5.41, 5.74) is 1.19. The van der Waals surface area contributed by atoms with Crippen molar-refractivity contribution in [2.75, 3.05) is 27.4 Å². The van der Waals surface area contributed by atoms with Crippen LogP contribution in [0.3, 0.4) is 0 Å². The maximum Gasteiger partial charge on any atom is 0.343 e. The second-order valence-electron chi connectivity index (χ2n) is 5.97. The van der Waals surface area contributed by atoms with E-state index in [-0.39, 0.29) is 12.4 Å². The SMILES string of the molecule is CCCOc1c(Cl)cc(/C=C/C(=O)c2ccc(OCC(=O)OC)cc2)cc1OC. The zero-order valence-corrected chi connectivity index (χ0v) is 17.3. The molecule has 2 aromatic carbocycles. The smallest absolute Gasteiger partial charge is 0.343 e. The van der Waals surface area contributed by atoms with Crippen molar-refractivity contribution in [2.24, 2.45) is 0 Å². The van der Waals surface area contributed by atoms with Crippen LogP contribution in [-0.2, 0) is 9.53 Å². The molecule has 6 nitrogen and oxygen atoms in total. The highest BCUT2D eigenvalue weighted by Crippen LogP contribution is 2.36. The molecule has 0 aliphatic heterocycles. The maximum absolute atomic E-state index is 12.4. The average Bonchev–Trinajstić information content (AvgIpc) is 2.74. The van der Waals surface area contributed by atoms with E-state index < -0.39 is 5.97 Å². The van der Waals surface area contributed by atoms with Crippen molar-refractivity contribution < 1.29 is 28.5 Å². The number of ether oxygens (including phenoxy) is 4. The molecule has 7 heteroatoms. The first-order valence-corrected chi connectivity index (χ1v) is 9.38. The molecule has 0 N–H and O–H groups in total. The Bertz CT molecular complexity index is 874. The second-order valence-corrected chi connectivity index (χ2v) is 6.38. The summed E-state index contributed by atoms with van der Waals surface area (Å²) in [5, 5.41) is 0.414. The van der Waals surface area contributed by atoms with Crippen molar-refractivity contribution >= 4 is 29.4 Å². The molecule has 0 aliphatic rings. The fourth-order valence-electron chi connectivity index (χ4n) is 2.36. The summed E-state index contributed by atoms with van der Waals surface area (Å²) in [4.78, 5) is 23.5. The molecule has 2 rings (SSSR count). The van der Waals surface area contributed by atoms with Crippen LogP contribution in [-0.4, -0.2) is 39.2 Å². The number of carbonyl (C=O) groups is 2. The largest absolute Gasteiger partial charge is 0.493 e. The number of carbonyl (C=O) groups excluding carboxylic acids is 2. The zero-order chi connectivity index (χ0) is 21.2. The number of hydrogen-bond donors (Lipinski definition) is 0. The van der Waals surface area contributed by atoms with Crippen molar-refractivity contribution in [3.63, 3.8) is 0 Å². The van der Waals surface area contributed by atoms with Crippen LogP contribution in [0.4, 0.5) is 0 Å². The molecule has 154 valence electrons. The lowest BCUT2D eigenvalue weighted by Gasteiger charge is -2.12. The van der Waals surface area contributed by atoms with Crippen LogP contribution in [0.1, 0.15) is 29.3 Å². The fraction of sp³-hybridized carbons (Fsp3) is 0.273. The van der Waals surface area contributed by atoms with Crippen LogP contribution < -0.4 is 14.2 Å². The van der Waals surface area contributed by atoms with Crippen molar-refractivity contribution in [1.29, 1.82) is 0 Å². The normalized spacial score (nSPS) is 10.6. The topological polar surface area (TPSA) is 71.1 Å². The van der Waals surface area contributed by atoms with E-state index in [0.717, 1.165) is 6.42 Å². The molecular formula is C22H23ClO6. The first-order valence-electron chi connectivity index (χ1n) is 9.00. The Hall–Kier alpha value is -2.99. The van der Waals surface area contributed by atoms with Crippen molar-refractivity contribution in [3.8, 4) is 17.2 Å². The third-order valence-electron chi connectivity index (χ3n) is 3.85. The molecule has 0 heterocycles. The van der Waals surface area contributed by atoms with E-state index in [4.69, 9.17) is 25.8 Å². The maximum atomic E-state index is 12.4. The highest BCUT2D eigenvalue weighted by atomic mass is 35.5. The first kappa shape index (κ1) is 22.3. The molecule has 0 saturated carbocycles. The standard InChI is InChI=1S/C22H23ClO6/c1-4-11-28-22-18(23)12-15(13-20(22)26-2)5-10-19(24)16-6-8-17(9-7-16)29-14-21(25)27-3/h5-10,12-13H,4,11,14H2,1-3H3/b10-5+. The van der Waals surface area contributed by atoms with Gasteiger partial charge in [0.15, 0.2) is 23.9 Å². The number of methoxy groups -OCH3 is 2. The number of rotatable bonds is 10. The van der Waals surface area contributed by atoms with Crippen molar-refractivity contribution in [3.05, 3.63) is 58.6 Å². The van der Waals surface area contributed by atoms with Gasteiger partial charge in [-0.05, 0) is 54.5 Å². The molecule has 2 aromatic rings.